The van der Waals surface area contributed by atoms with Crippen molar-refractivity contribution in [1.29, 1.82) is 0 Å². The van der Waals surface area contributed by atoms with E-state index in [1.807, 2.05) is 4.72 Å². The monoisotopic (exact) mass is 386 g/mol. The van der Waals surface area contributed by atoms with Crippen LogP contribution in [-0.4, -0.2) is 23.6 Å². The number of nitrogens with zero attached hydrogens (tertiary/aromatic N) is 2. The quantitative estimate of drug-likeness (QED) is 0.673. The van der Waals surface area contributed by atoms with Gasteiger partial charge < -0.3 is 0 Å². The molecule has 3 aromatic rings. The van der Waals surface area contributed by atoms with Gasteiger partial charge in [-0.25, -0.2) is 17.8 Å². The van der Waals surface area contributed by atoms with Gasteiger partial charge >= 0.3 is 6.18 Å². The average molecular weight is 386 g/mol. The Kier molecular flexibility index (Phi) is 4.40. The van der Waals surface area contributed by atoms with Crippen LogP contribution in [0.25, 0.3) is 11.4 Å². The first-order valence-electron chi connectivity index (χ1n) is 7.03. The number of benzene rings is 2. The second-order valence-corrected chi connectivity index (χ2v) is 6.78. The molecule has 0 atom stereocenters. The van der Waals surface area contributed by atoms with Crippen LogP contribution in [0.4, 0.5) is 23.2 Å². The SMILES string of the molecule is O=S(=O)(Nc1cc(-c2ncn[nH]2)ccc1F)c1ccccc1C(F)(F)F. The molecule has 2 aromatic carbocycles. The summed E-state index contributed by atoms with van der Waals surface area (Å²) in [6.07, 6.45) is -3.69. The number of halogens is 4. The summed E-state index contributed by atoms with van der Waals surface area (Å²) in [4.78, 5) is 2.84. The normalized spacial score (nSPS) is 12.2. The molecule has 2 N–H and O–H groups in total. The highest BCUT2D eigenvalue weighted by Crippen LogP contribution is 2.35. The molecule has 0 aliphatic heterocycles. The Hall–Kier alpha value is -2.95. The largest absolute Gasteiger partial charge is 0.417 e. The topological polar surface area (TPSA) is 87.7 Å². The molecule has 0 bridgehead atoms. The molecule has 0 aliphatic carbocycles. The second-order valence-electron chi connectivity index (χ2n) is 5.13. The molecule has 136 valence electrons. The van der Waals surface area contributed by atoms with Gasteiger partial charge in [0.25, 0.3) is 10.0 Å². The minimum atomic E-state index is -4.88. The summed E-state index contributed by atoms with van der Waals surface area (Å²) < 4.78 is 79.8. The Bertz CT molecular complexity index is 1030. The van der Waals surface area contributed by atoms with Crippen molar-refractivity contribution in [3.63, 3.8) is 0 Å². The molecule has 1 heterocycles. The molecular weight excluding hydrogens is 376 g/mol. The number of nitrogens with one attached hydrogen (secondary N) is 2. The molecule has 11 heteroatoms. The molecule has 0 amide bonds. The van der Waals surface area contributed by atoms with Crippen LogP contribution in [0.15, 0.2) is 53.7 Å². The summed E-state index contributed by atoms with van der Waals surface area (Å²) >= 11 is 0. The highest BCUT2D eigenvalue weighted by Gasteiger charge is 2.37. The summed E-state index contributed by atoms with van der Waals surface area (Å²) in [5, 5.41) is 6.13. The fraction of sp³-hybridized carbons (Fsp3) is 0.0667. The first-order chi connectivity index (χ1) is 12.2. The van der Waals surface area contributed by atoms with Crippen LogP contribution in [0.5, 0.6) is 0 Å². The van der Waals surface area contributed by atoms with Gasteiger partial charge in [-0.3, -0.25) is 9.82 Å². The van der Waals surface area contributed by atoms with E-state index < -0.39 is 38.2 Å². The molecule has 0 fully saturated rings. The van der Waals surface area contributed by atoms with Crippen molar-refractivity contribution in [3.8, 4) is 11.4 Å². The van der Waals surface area contributed by atoms with Crippen molar-refractivity contribution in [3.05, 3.63) is 60.2 Å². The van der Waals surface area contributed by atoms with Gasteiger partial charge in [0.1, 0.15) is 12.1 Å². The number of anilines is 1. The van der Waals surface area contributed by atoms with Gasteiger partial charge in [0, 0.05) is 5.56 Å². The lowest BCUT2D eigenvalue weighted by Crippen LogP contribution is -2.19. The van der Waals surface area contributed by atoms with Crippen LogP contribution in [0.1, 0.15) is 5.56 Å². The highest BCUT2D eigenvalue weighted by molar-refractivity contribution is 7.92. The third kappa shape index (κ3) is 3.52. The van der Waals surface area contributed by atoms with E-state index in [0.29, 0.717) is 11.6 Å². The number of rotatable bonds is 4. The summed E-state index contributed by atoms with van der Waals surface area (Å²) in [6.45, 7) is 0. The number of hydrogen-bond donors (Lipinski definition) is 2. The zero-order valence-electron chi connectivity index (χ0n) is 12.7. The van der Waals surface area contributed by atoms with Crippen molar-refractivity contribution in [1.82, 2.24) is 15.2 Å². The Morgan fingerprint density at radius 1 is 1.08 bits per heavy atom. The first-order valence-corrected chi connectivity index (χ1v) is 8.51. The molecule has 6 nitrogen and oxygen atoms in total. The Balaban J connectivity index is 2.03. The maximum Gasteiger partial charge on any atom is 0.417 e. The summed E-state index contributed by atoms with van der Waals surface area (Å²) in [5.41, 5.74) is -1.57. The van der Waals surface area contributed by atoms with Crippen LogP contribution in [0, 0.1) is 5.82 Å². The maximum absolute atomic E-state index is 14.0. The maximum atomic E-state index is 14.0. The third-order valence-corrected chi connectivity index (χ3v) is 4.80. The van der Waals surface area contributed by atoms with Gasteiger partial charge in [0.05, 0.1) is 16.1 Å². The lowest BCUT2D eigenvalue weighted by atomic mass is 10.2. The molecule has 0 radical (unpaired) electrons. The predicted octanol–water partition coefficient (Wildman–Crippen LogP) is 3.43. The van der Waals surface area contributed by atoms with E-state index in [1.165, 1.54) is 12.4 Å². The fourth-order valence-corrected chi connectivity index (χ4v) is 3.52. The lowest BCUT2D eigenvalue weighted by Gasteiger charge is -2.15. The summed E-state index contributed by atoms with van der Waals surface area (Å²) in [7, 11) is -4.69. The number of sulfonamides is 1. The van der Waals surface area contributed by atoms with E-state index in [4.69, 9.17) is 0 Å². The predicted molar refractivity (Wildman–Crippen MR) is 84.0 cm³/mol. The molecule has 26 heavy (non-hydrogen) atoms. The molecule has 1 aromatic heterocycles. The zero-order valence-corrected chi connectivity index (χ0v) is 13.6. The van der Waals surface area contributed by atoms with E-state index in [0.717, 1.165) is 30.3 Å². The molecule has 0 unspecified atom stereocenters. The van der Waals surface area contributed by atoms with Gasteiger partial charge in [-0.2, -0.15) is 18.3 Å². The number of aromatic amines is 1. The fourth-order valence-electron chi connectivity index (χ4n) is 2.23. The van der Waals surface area contributed by atoms with Crippen LogP contribution in [0.3, 0.4) is 0 Å². The Morgan fingerprint density at radius 3 is 2.46 bits per heavy atom. The van der Waals surface area contributed by atoms with Crippen LogP contribution in [-0.2, 0) is 16.2 Å². The van der Waals surface area contributed by atoms with Gasteiger partial charge in [-0.15, -0.1) is 0 Å². The van der Waals surface area contributed by atoms with Gasteiger partial charge in [0.2, 0.25) is 0 Å². The second kappa shape index (κ2) is 6.41. The van der Waals surface area contributed by atoms with Crippen molar-refractivity contribution in [2.24, 2.45) is 0 Å². The average Bonchev–Trinajstić information content (AvgIpc) is 3.10. The van der Waals surface area contributed by atoms with Crippen LogP contribution < -0.4 is 4.72 Å². The van der Waals surface area contributed by atoms with E-state index in [2.05, 4.69) is 15.2 Å². The standard InChI is InChI=1S/C15H10F4N4O2S/c16-11-6-5-9(14-20-8-21-22-14)7-12(11)23-26(24,25)13-4-2-1-3-10(13)15(17,18)19/h1-8,23H,(H,20,21,22). The summed E-state index contributed by atoms with van der Waals surface area (Å²) in [5.74, 6) is -0.720. The Morgan fingerprint density at radius 2 is 1.81 bits per heavy atom. The van der Waals surface area contributed by atoms with Gasteiger partial charge in [0.15, 0.2) is 5.82 Å². The molecule has 0 aliphatic rings. The smallest absolute Gasteiger partial charge is 0.277 e. The number of alkyl halides is 3. The summed E-state index contributed by atoms with van der Waals surface area (Å²) in [6, 6.07) is 7.02. The van der Waals surface area contributed by atoms with Crippen molar-refractivity contribution < 1.29 is 26.0 Å². The van der Waals surface area contributed by atoms with Crippen LogP contribution in [0.2, 0.25) is 0 Å². The minimum Gasteiger partial charge on any atom is -0.277 e. The van der Waals surface area contributed by atoms with E-state index >= 15 is 0 Å². The van der Waals surface area contributed by atoms with Crippen molar-refractivity contribution in [2.75, 3.05) is 4.72 Å². The van der Waals surface area contributed by atoms with Gasteiger partial charge in [-0.1, -0.05) is 12.1 Å². The van der Waals surface area contributed by atoms with Gasteiger partial charge in [-0.05, 0) is 30.3 Å². The minimum absolute atomic E-state index is 0.237. The number of aromatic nitrogens is 3. The molecular formula is C15H10F4N4O2S. The van der Waals surface area contributed by atoms with E-state index in [1.54, 1.807) is 0 Å². The van der Waals surface area contributed by atoms with Crippen molar-refractivity contribution in [2.45, 2.75) is 11.1 Å². The number of hydrogen-bond acceptors (Lipinski definition) is 4. The third-order valence-electron chi connectivity index (χ3n) is 3.38. The molecule has 0 saturated carbocycles. The van der Waals surface area contributed by atoms with E-state index in [-0.39, 0.29) is 5.82 Å². The Labute approximate surface area is 145 Å². The number of H-pyrrole nitrogens is 1. The van der Waals surface area contributed by atoms with Crippen LogP contribution >= 0.6 is 0 Å². The molecule has 3 rings (SSSR count). The zero-order chi connectivity index (χ0) is 18.9. The molecule has 0 saturated heterocycles. The molecule has 0 spiro atoms. The first kappa shape index (κ1) is 17.9. The lowest BCUT2D eigenvalue weighted by molar-refractivity contribution is -0.139. The highest BCUT2D eigenvalue weighted by atomic mass is 32.2. The van der Waals surface area contributed by atoms with Crippen molar-refractivity contribution >= 4 is 15.7 Å². The van der Waals surface area contributed by atoms with E-state index in [9.17, 15) is 26.0 Å².